The number of rotatable bonds is 5. The summed E-state index contributed by atoms with van der Waals surface area (Å²) in [5, 5.41) is 21.5. The van der Waals surface area contributed by atoms with E-state index in [9.17, 15) is 5.26 Å². The summed E-state index contributed by atoms with van der Waals surface area (Å²) in [5.41, 5.74) is 20.9. The van der Waals surface area contributed by atoms with Gasteiger partial charge in [0.2, 0.25) is 0 Å². The van der Waals surface area contributed by atoms with Gasteiger partial charge in [0.05, 0.1) is 107 Å². The van der Waals surface area contributed by atoms with Crippen molar-refractivity contribution in [1.82, 2.24) is 32.8 Å². The lowest BCUT2D eigenvalue weighted by Gasteiger charge is -2.39. The van der Waals surface area contributed by atoms with Crippen molar-refractivity contribution in [3.05, 3.63) is 319 Å². The van der Waals surface area contributed by atoms with E-state index in [2.05, 4.69) is 296 Å². The van der Waals surface area contributed by atoms with Crippen LogP contribution in [0.3, 0.4) is 0 Å². The van der Waals surface area contributed by atoms with E-state index in [1.807, 2.05) is 24.5 Å². The average Bonchev–Trinajstić information content (AvgIpc) is 1.60. The van der Waals surface area contributed by atoms with Crippen molar-refractivity contribution in [2.75, 3.05) is 0 Å². The van der Waals surface area contributed by atoms with Gasteiger partial charge in [-0.3, -0.25) is 9.97 Å². The second-order valence-corrected chi connectivity index (χ2v) is 24.8. The first-order valence-electron chi connectivity index (χ1n) is 31.5. The van der Waals surface area contributed by atoms with Crippen LogP contribution in [-0.4, -0.2) is 32.8 Å². The van der Waals surface area contributed by atoms with Gasteiger partial charge in [-0.15, -0.1) is 0 Å². The third kappa shape index (κ3) is 6.62. The van der Waals surface area contributed by atoms with E-state index in [1.165, 1.54) is 32.3 Å². The Hall–Kier alpha value is -12.8. The van der Waals surface area contributed by atoms with Gasteiger partial charge in [-0.25, -0.2) is 0 Å². The minimum absolute atomic E-state index is 0.637. The molecule has 0 fully saturated rings. The molecule has 0 radical (unpaired) electrons. The van der Waals surface area contributed by atoms with Crippen molar-refractivity contribution >= 4 is 109 Å². The molecular weight excluding hydrogens is 1140 g/mol. The van der Waals surface area contributed by atoms with E-state index < -0.39 is 5.41 Å². The van der Waals surface area contributed by atoms with Crippen LogP contribution in [0.1, 0.15) is 27.8 Å². The van der Waals surface area contributed by atoms with Crippen LogP contribution in [0, 0.1) is 11.3 Å². The highest BCUT2D eigenvalue weighted by atomic mass is 16.5. The largest absolute Gasteiger partial charge is 0.457 e. The van der Waals surface area contributed by atoms with Crippen LogP contribution < -0.4 is 4.74 Å². The number of nitrogens with zero attached hydrogens (tertiary/aromatic N) is 8. The van der Waals surface area contributed by atoms with Gasteiger partial charge >= 0.3 is 0 Å². The second kappa shape index (κ2) is 18.4. The van der Waals surface area contributed by atoms with Crippen molar-refractivity contribution in [3.63, 3.8) is 0 Å². The molecule has 0 saturated heterocycles. The molecule has 2 aliphatic rings. The molecule has 9 heteroatoms. The van der Waals surface area contributed by atoms with E-state index in [0.29, 0.717) is 5.56 Å². The van der Waals surface area contributed by atoms with Gasteiger partial charge in [-0.05, 0) is 133 Å². The molecular formula is C84H48N8O. The van der Waals surface area contributed by atoms with Gasteiger partial charge in [0, 0.05) is 93.2 Å². The summed E-state index contributed by atoms with van der Waals surface area (Å²) in [6.45, 7) is 0. The summed E-state index contributed by atoms with van der Waals surface area (Å²) in [4.78, 5) is 11.4. The molecule has 0 N–H and O–H groups in total. The van der Waals surface area contributed by atoms with Crippen molar-refractivity contribution in [1.29, 1.82) is 5.26 Å². The molecule has 7 aromatic heterocycles. The van der Waals surface area contributed by atoms with Gasteiger partial charge in [0.1, 0.15) is 11.5 Å². The number of pyridine rings is 2. The highest BCUT2D eigenvalue weighted by Crippen LogP contribution is 2.63. The van der Waals surface area contributed by atoms with Crippen LogP contribution in [-0.2, 0) is 5.41 Å². The van der Waals surface area contributed by atoms with E-state index in [1.54, 1.807) is 0 Å². The third-order valence-corrected chi connectivity index (χ3v) is 20.2. The predicted molar refractivity (Wildman–Crippen MR) is 376 cm³/mol. The summed E-state index contributed by atoms with van der Waals surface area (Å²) in [6.07, 6.45) is 4.09. The predicted octanol–water partition coefficient (Wildman–Crippen LogP) is 20.3. The van der Waals surface area contributed by atoms with Crippen molar-refractivity contribution in [3.8, 4) is 57.4 Å². The van der Waals surface area contributed by atoms with Crippen LogP contribution in [0.5, 0.6) is 11.5 Å². The summed E-state index contributed by atoms with van der Waals surface area (Å²) >= 11 is 0. The zero-order valence-corrected chi connectivity index (χ0v) is 49.7. The number of fused-ring (bicyclic) bond motifs is 24. The molecule has 0 atom stereocenters. The summed E-state index contributed by atoms with van der Waals surface area (Å²) in [7, 11) is 0. The molecule has 12 aromatic carbocycles. The van der Waals surface area contributed by atoms with Crippen molar-refractivity contribution in [2.24, 2.45) is 0 Å². The molecule has 8 heterocycles. The topological polar surface area (TPSA) is 83.4 Å². The molecule has 1 aliphatic heterocycles. The lowest BCUT2D eigenvalue weighted by molar-refractivity contribution is 0.436. The van der Waals surface area contributed by atoms with Gasteiger partial charge < -0.3 is 27.6 Å². The Morgan fingerprint density at radius 3 is 0.914 bits per heavy atom. The number of ether oxygens (including phenoxy) is 1. The summed E-state index contributed by atoms with van der Waals surface area (Å²) < 4.78 is 19.4. The summed E-state index contributed by atoms with van der Waals surface area (Å²) in [5.74, 6) is 1.49. The average molecular weight is 1190 g/mol. The Bertz CT molecular complexity index is 6250. The second-order valence-electron chi connectivity index (χ2n) is 24.8. The highest BCUT2D eigenvalue weighted by Gasteiger charge is 2.54. The van der Waals surface area contributed by atoms with Crippen LogP contribution >= 0.6 is 0 Å². The fourth-order valence-electron chi connectivity index (χ4n) is 16.5. The number of nitriles is 1. The van der Waals surface area contributed by atoms with Crippen LogP contribution in [0.25, 0.3) is 149 Å². The number of hydrogen-bond acceptors (Lipinski definition) is 4. The Balaban J connectivity index is 0.877. The minimum Gasteiger partial charge on any atom is -0.457 e. The molecule has 19 aromatic rings. The first kappa shape index (κ1) is 50.1. The summed E-state index contributed by atoms with van der Waals surface area (Å²) in [6, 6.07) is 103. The standard InChI is InChI=1S/C84H48N8O/c85-47-50-33-37-78-64(41-50)62-23-7-15-31-76(62)88(78)51-34-38-79-65(42-51)63-24-8-16-32-77(63)90(79)53-36-40-81-67(44-53)84(66-43-52(35-39-80(66)93-81)89-70-25-9-1-17-56(70)57-18-2-10-26-71(57)89)68-45-54(91-72-27-11-3-19-58(72)59-20-4-12-28-73(59)91)48-86-82(68)83-69(84)46-55(49-87-83)92-74-29-13-5-21-60(74)61-22-6-14-30-75(61)92/h1-46,48-49H. The quantitative estimate of drug-likeness (QED) is 0.172. The van der Waals surface area contributed by atoms with Gasteiger partial charge in [0.15, 0.2) is 0 Å². The normalized spacial score (nSPS) is 13.1. The maximum atomic E-state index is 10.0. The zero-order valence-electron chi connectivity index (χ0n) is 49.7. The lowest BCUT2D eigenvalue weighted by Crippen LogP contribution is -2.33. The number of para-hydroxylation sites is 8. The number of aromatic nitrogens is 7. The SMILES string of the molecule is N#Cc1ccc2c(c1)c1ccccc1n2-c1ccc2c(c1)c1ccccc1n2-c1ccc2c(c1)C1(c3cc(-n4c5ccccc5c5ccccc54)ccc3O2)c2cc(-n3c4ccccc4c4ccccc43)cnc2-c2ncc(-n3c4ccccc4c4ccccc43)cc21. The molecule has 93 heavy (non-hydrogen) atoms. The fourth-order valence-corrected chi connectivity index (χ4v) is 16.5. The molecule has 0 bridgehead atoms. The Morgan fingerprint density at radius 2 is 0.548 bits per heavy atom. The minimum atomic E-state index is -1.10. The van der Waals surface area contributed by atoms with Crippen molar-refractivity contribution < 1.29 is 4.74 Å². The Labute approximate surface area is 530 Å². The molecule has 430 valence electrons. The molecule has 1 aliphatic carbocycles. The molecule has 0 saturated carbocycles. The van der Waals surface area contributed by atoms with Crippen LogP contribution in [0.15, 0.2) is 291 Å². The van der Waals surface area contributed by atoms with E-state index in [-0.39, 0.29) is 0 Å². The Morgan fingerprint density at radius 1 is 0.269 bits per heavy atom. The smallest absolute Gasteiger partial charge is 0.132 e. The van der Waals surface area contributed by atoms with Gasteiger partial charge in [0.25, 0.3) is 0 Å². The van der Waals surface area contributed by atoms with E-state index in [0.717, 1.165) is 150 Å². The first-order chi connectivity index (χ1) is 46.1. The number of hydrogen-bond donors (Lipinski definition) is 0. The zero-order chi connectivity index (χ0) is 60.8. The fraction of sp³-hybridized carbons (Fsp3) is 0.0119. The number of benzene rings is 12. The van der Waals surface area contributed by atoms with E-state index >= 15 is 0 Å². The lowest BCUT2D eigenvalue weighted by atomic mass is 9.66. The maximum absolute atomic E-state index is 10.0. The van der Waals surface area contributed by atoms with Gasteiger partial charge in [-0.1, -0.05) is 146 Å². The molecule has 0 unspecified atom stereocenters. The third-order valence-electron chi connectivity index (χ3n) is 20.2. The maximum Gasteiger partial charge on any atom is 0.132 e. The van der Waals surface area contributed by atoms with Crippen LogP contribution in [0.4, 0.5) is 0 Å². The van der Waals surface area contributed by atoms with E-state index in [4.69, 9.17) is 14.7 Å². The van der Waals surface area contributed by atoms with Crippen molar-refractivity contribution in [2.45, 2.75) is 5.41 Å². The monoisotopic (exact) mass is 1180 g/mol. The molecule has 1 spiro atoms. The first-order valence-corrected chi connectivity index (χ1v) is 31.5. The molecule has 21 rings (SSSR count). The van der Waals surface area contributed by atoms with Gasteiger partial charge in [-0.2, -0.15) is 5.26 Å². The van der Waals surface area contributed by atoms with Crippen LogP contribution in [0.2, 0.25) is 0 Å². The Kier molecular flexibility index (Phi) is 9.93. The molecule has 0 amide bonds. The highest BCUT2D eigenvalue weighted by molar-refractivity contribution is 6.14. The molecule has 9 nitrogen and oxygen atoms in total.